The van der Waals surface area contributed by atoms with Gasteiger partial charge in [-0.2, -0.15) is 0 Å². The van der Waals surface area contributed by atoms with Crippen LogP contribution in [-0.2, 0) is 11.3 Å². The zero-order valence-electron chi connectivity index (χ0n) is 10.4. The van der Waals surface area contributed by atoms with E-state index in [1.165, 1.54) is 19.3 Å². The van der Waals surface area contributed by atoms with Crippen molar-refractivity contribution in [1.29, 1.82) is 0 Å². The van der Waals surface area contributed by atoms with E-state index in [1.54, 1.807) is 6.20 Å². The lowest BCUT2D eigenvalue weighted by Gasteiger charge is -2.26. The van der Waals surface area contributed by atoms with E-state index in [9.17, 15) is 4.79 Å². The van der Waals surface area contributed by atoms with Crippen LogP contribution in [0.1, 0.15) is 37.8 Å². The van der Waals surface area contributed by atoms with Gasteiger partial charge >= 0.3 is 0 Å². The maximum atomic E-state index is 12.2. The van der Waals surface area contributed by atoms with Crippen LogP contribution >= 0.6 is 0 Å². The van der Waals surface area contributed by atoms with Gasteiger partial charge in [0.05, 0.1) is 12.2 Å². The molecule has 1 heterocycles. The minimum absolute atomic E-state index is 0.248. The van der Waals surface area contributed by atoms with Crippen LogP contribution in [0.3, 0.4) is 0 Å². The fraction of sp³-hybridized carbons (Fsp3) is 0.571. The third-order valence-corrected chi connectivity index (χ3v) is 3.46. The van der Waals surface area contributed by atoms with E-state index in [0.29, 0.717) is 6.54 Å². The number of rotatable bonds is 3. The van der Waals surface area contributed by atoms with Crippen LogP contribution in [-0.4, -0.2) is 22.8 Å². The molecule has 3 nitrogen and oxygen atoms in total. The first-order valence-electron chi connectivity index (χ1n) is 6.42. The molecule has 17 heavy (non-hydrogen) atoms. The van der Waals surface area contributed by atoms with E-state index in [4.69, 9.17) is 0 Å². The van der Waals surface area contributed by atoms with Crippen molar-refractivity contribution < 1.29 is 4.79 Å². The van der Waals surface area contributed by atoms with E-state index in [1.807, 2.05) is 30.1 Å². The number of carbonyl (C=O) groups is 1. The summed E-state index contributed by atoms with van der Waals surface area (Å²) in [6, 6.07) is 5.82. The van der Waals surface area contributed by atoms with Gasteiger partial charge < -0.3 is 4.90 Å². The van der Waals surface area contributed by atoms with Crippen LogP contribution in [0.4, 0.5) is 0 Å². The standard InChI is InChI=1S/C14H20N2O/c1-16(11-13-9-5-6-10-15-13)14(17)12-7-3-2-4-8-12/h5-6,9-10,12H,2-4,7-8,11H2,1H3. The van der Waals surface area contributed by atoms with Crippen LogP contribution in [0, 0.1) is 5.92 Å². The second-order valence-electron chi connectivity index (χ2n) is 4.85. The quantitative estimate of drug-likeness (QED) is 0.802. The second-order valence-corrected chi connectivity index (χ2v) is 4.85. The van der Waals surface area contributed by atoms with Gasteiger partial charge in [-0.1, -0.05) is 25.3 Å². The molecular weight excluding hydrogens is 212 g/mol. The third-order valence-electron chi connectivity index (χ3n) is 3.46. The molecule has 0 bridgehead atoms. The van der Waals surface area contributed by atoms with Crippen LogP contribution in [0.2, 0.25) is 0 Å². The third kappa shape index (κ3) is 3.29. The molecule has 3 heteroatoms. The number of hydrogen-bond acceptors (Lipinski definition) is 2. The fourth-order valence-electron chi connectivity index (χ4n) is 2.47. The fourth-order valence-corrected chi connectivity index (χ4v) is 2.47. The van der Waals surface area contributed by atoms with Crippen molar-refractivity contribution in [2.45, 2.75) is 38.6 Å². The summed E-state index contributed by atoms with van der Waals surface area (Å²) >= 11 is 0. The van der Waals surface area contributed by atoms with Gasteiger partial charge in [0.2, 0.25) is 5.91 Å². The highest BCUT2D eigenvalue weighted by molar-refractivity contribution is 5.78. The normalized spacial score (nSPS) is 16.8. The number of pyridine rings is 1. The lowest BCUT2D eigenvalue weighted by atomic mass is 9.88. The number of hydrogen-bond donors (Lipinski definition) is 0. The minimum atomic E-state index is 0.248. The summed E-state index contributed by atoms with van der Waals surface area (Å²) < 4.78 is 0. The van der Waals surface area contributed by atoms with Crippen molar-refractivity contribution in [3.05, 3.63) is 30.1 Å². The summed E-state index contributed by atoms with van der Waals surface area (Å²) in [7, 11) is 1.88. The average molecular weight is 232 g/mol. The zero-order chi connectivity index (χ0) is 12.1. The molecule has 0 atom stereocenters. The highest BCUT2D eigenvalue weighted by Gasteiger charge is 2.23. The Bertz CT molecular complexity index is 358. The maximum absolute atomic E-state index is 12.2. The highest BCUT2D eigenvalue weighted by Crippen LogP contribution is 2.25. The molecule has 0 N–H and O–H groups in total. The van der Waals surface area contributed by atoms with Crippen molar-refractivity contribution in [3.63, 3.8) is 0 Å². The number of carbonyl (C=O) groups excluding carboxylic acids is 1. The smallest absolute Gasteiger partial charge is 0.225 e. The minimum Gasteiger partial charge on any atom is -0.340 e. The van der Waals surface area contributed by atoms with E-state index in [2.05, 4.69) is 4.98 Å². The summed E-state index contributed by atoms with van der Waals surface area (Å²) in [5.41, 5.74) is 0.958. The summed E-state index contributed by atoms with van der Waals surface area (Å²) in [5.74, 6) is 0.535. The zero-order valence-corrected chi connectivity index (χ0v) is 10.4. The van der Waals surface area contributed by atoms with E-state index in [-0.39, 0.29) is 11.8 Å². The maximum Gasteiger partial charge on any atom is 0.225 e. The Morgan fingerprint density at radius 3 is 2.76 bits per heavy atom. The lowest BCUT2D eigenvalue weighted by Crippen LogP contribution is -2.33. The van der Waals surface area contributed by atoms with Crippen molar-refractivity contribution in [2.75, 3.05) is 7.05 Å². The predicted octanol–water partition coefficient (Wildman–Crippen LogP) is 2.62. The van der Waals surface area contributed by atoms with Crippen molar-refractivity contribution >= 4 is 5.91 Å². The Labute approximate surface area is 103 Å². The lowest BCUT2D eigenvalue weighted by molar-refractivity contribution is -0.135. The molecule has 1 aromatic rings. The molecule has 92 valence electrons. The van der Waals surface area contributed by atoms with Gasteiger partial charge in [0, 0.05) is 19.2 Å². The van der Waals surface area contributed by atoms with Crippen LogP contribution in [0.15, 0.2) is 24.4 Å². The van der Waals surface area contributed by atoms with E-state index < -0.39 is 0 Å². The molecule has 0 radical (unpaired) electrons. The van der Waals surface area contributed by atoms with Gasteiger partial charge in [-0.3, -0.25) is 9.78 Å². The molecular formula is C14H20N2O. The molecule has 0 saturated heterocycles. The average Bonchev–Trinajstić information content (AvgIpc) is 2.40. The molecule has 1 amide bonds. The second kappa shape index (κ2) is 5.80. The Morgan fingerprint density at radius 2 is 2.12 bits per heavy atom. The Hall–Kier alpha value is -1.38. The first-order valence-corrected chi connectivity index (χ1v) is 6.42. The van der Waals surface area contributed by atoms with Crippen molar-refractivity contribution in [1.82, 2.24) is 9.88 Å². The van der Waals surface area contributed by atoms with E-state index in [0.717, 1.165) is 18.5 Å². The largest absolute Gasteiger partial charge is 0.340 e. The predicted molar refractivity (Wildman–Crippen MR) is 67.3 cm³/mol. The first kappa shape index (κ1) is 12.1. The Balaban J connectivity index is 1.90. The Morgan fingerprint density at radius 1 is 1.35 bits per heavy atom. The topological polar surface area (TPSA) is 33.2 Å². The summed E-state index contributed by atoms with van der Waals surface area (Å²) in [5, 5.41) is 0. The molecule has 1 aliphatic rings. The van der Waals surface area contributed by atoms with Gasteiger partial charge in [-0.25, -0.2) is 0 Å². The molecule has 0 aliphatic heterocycles. The van der Waals surface area contributed by atoms with E-state index >= 15 is 0 Å². The molecule has 1 fully saturated rings. The van der Waals surface area contributed by atoms with Gasteiger partial charge in [0.15, 0.2) is 0 Å². The highest BCUT2D eigenvalue weighted by atomic mass is 16.2. The molecule has 0 spiro atoms. The van der Waals surface area contributed by atoms with Crippen molar-refractivity contribution in [2.24, 2.45) is 5.92 Å². The number of nitrogens with zero attached hydrogens (tertiary/aromatic N) is 2. The van der Waals surface area contributed by atoms with Crippen LogP contribution in [0.25, 0.3) is 0 Å². The molecule has 1 aromatic heterocycles. The monoisotopic (exact) mass is 232 g/mol. The van der Waals surface area contributed by atoms with Gasteiger partial charge in [-0.05, 0) is 25.0 Å². The summed E-state index contributed by atoms with van der Waals surface area (Å²) in [6.45, 7) is 0.621. The first-order chi connectivity index (χ1) is 8.27. The number of aromatic nitrogens is 1. The van der Waals surface area contributed by atoms with Crippen LogP contribution in [0.5, 0.6) is 0 Å². The molecule has 0 unspecified atom stereocenters. The SMILES string of the molecule is CN(Cc1ccccn1)C(=O)C1CCCCC1. The van der Waals surface area contributed by atoms with Crippen LogP contribution < -0.4 is 0 Å². The van der Waals surface area contributed by atoms with Gasteiger partial charge in [-0.15, -0.1) is 0 Å². The molecule has 1 aliphatic carbocycles. The summed E-state index contributed by atoms with van der Waals surface area (Å²) in [6.07, 6.45) is 7.58. The Kier molecular flexibility index (Phi) is 4.13. The summed E-state index contributed by atoms with van der Waals surface area (Å²) in [4.78, 5) is 18.3. The van der Waals surface area contributed by atoms with Crippen molar-refractivity contribution in [3.8, 4) is 0 Å². The molecule has 2 rings (SSSR count). The van der Waals surface area contributed by atoms with Gasteiger partial charge in [0.1, 0.15) is 0 Å². The number of amides is 1. The molecule has 1 saturated carbocycles. The molecule has 0 aromatic carbocycles. The van der Waals surface area contributed by atoms with Gasteiger partial charge in [0.25, 0.3) is 0 Å².